The Morgan fingerprint density at radius 3 is 2.93 bits per heavy atom. The summed E-state index contributed by atoms with van der Waals surface area (Å²) in [7, 11) is 1.62. The number of benzene rings is 1. The molecule has 0 saturated carbocycles. The van der Waals surface area contributed by atoms with Crippen LogP contribution in [0.2, 0.25) is 0 Å². The molecule has 1 aliphatic heterocycles. The number of anilines is 1. The number of nitrogens with one attached hydrogen (secondary N) is 1. The monoisotopic (exact) mass is 407 g/mol. The van der Waals surface area contributed by atoms with E-state index in [0.29, 0.717) is 22.0 Å². The van der Waals surface area contributed by atoms with Gasteiger partial charge in [0.1, 0.15) is 22.6 Å². The number of rotatable bonds is 3. The van der Waals surface area contributed by atoms with Gasteiger partial charge in [0.15, 0.2) is 10.8 Å². The molecule has 8 heteroatoms. The molecule has 7 nitrogen and oxygen atoms in total. The van der Waals surface area contributed by atoms with Crippen LogP contribution in [0, 0.1) is 6.92 Å². The average molecular weight is 407 g/mol. The van der Waals surface area contributed by atoms with Crippen molar-refractivity contribution in [3.05, 3.63) is 41.3 Å². The number of fused-ring (bicyclic) bond motifs is 4. The summed E-state index contributed by atoms with van der Waals surface area (Å²) >= 11 is 1.43. The third-order valence-electron chi connectivity index (χ3n) is 5.26. The Labute approximate surface area is 171 Å². The summed E-state index contributed by atoms with van der Waals surface area (Å²) in [6.45, 7) is 2.82. The number of aromatic nitrogens is 4. The lowest BCUT2D eigenvalue weighted by Gasteiger charge is -2.06. The molecule has 0 fully saturated rings. The maximum atomic E-state index is 13.1. The molecule has 1 N–H and O–H groups in total. The molecule has 148 valence electrons. The standard InChI is InChI=1S/C21H21N5O2S/c1-12-11-13(17-19(22-12)26-10-5-3-4-9-16(26)23-17)20(27)25-21-24-18-14(28-2)7-6-8-15(18)29-21/h6-8,11H,3-5,9-10H2,1-2H3,(H,24,25,27). The topological polar surface area (TPSA) is 81.9 Å². The Balaban J connectivity index is 1.54. The number of amides is 1. The summed E-state index contributed by atoms with van der Waals surface area (Å²) in [6.07, 6.45) is 4.36. The van der Waals surface area contributed by atoms with Crippen molar-refractivity contribution in [1.82, 2.24) is 19.5 Å². The summed E-state index contributed by atoms with van der Waals surface area (Å²) in [6, 6.07) is 7.55. The minimum Gasteiger partial charge on any atom is -0.494 e. The lowest BCUT2D eigenvalue weighted by atomic mass is 10.2. The smallest absolute Gasteiger partial charge is 0.259 e. The maximum absolute atomic E-state index is 13.1. The fraction of sp³-hybridized carbons (Fsp3) is 0.333. The molecule has 0 atom stereocenters. The number of hydrogen-bond donors (Lipinski definition) is 1. The van der Waals surface area contributed by atoms with Gasteiger partial charge in [-0.15, -0.1) is 0 Å². The SMILES string of the molecule is COc1cccc2sc(NC(=O)c3cc(C)nc4c3nc3n4CCCCC3)nc12. The van der Waals surface area contributed by atoms with Gasteiger partial charge < -0.3 is 9.30 Å². The van der Waals surface area contributed by atoms with Crippen molar-refractivity contribution in [2.24, 2.45) is 0 Å². The van der Waals surface area contributed by atoms with Gasteiger partial charge in [0.2, 0.25) is 0 Å². The van der Waals surface area contributed by atoms with E-state index < -0.39 is 0 Å². The largest absolute Gasteiger partial charge is 0.494 e. The van der Waals surface area contributed by atoms with E-state index >= 15 is 0 Å². The normalized spacial score (nSPS) is 14.0. The highest BCUT2D eigenvalue weighted by atomic mass is 32.1. The molecule has 1 amide bonds. The quantitative estimate of drug-likeness (QED) is 0.546. The Kier molecular flexibility index (Phi) is 4.43. The van der Waals surface area contributed by atoms with Crippen LogP contribution >= 0.6 is 11.3 Å². The fourth-order valence-corrected chi connectivity index (χ4v) is 4.77. The van der Waals surface area contributed by atoms with Gasteiger partial charge in [-0.05, 0) is 38.0 Å². The number of aryl methyl sites for hydroxylation is 3. The number of imidazole rings is 1. The Morgan fingerprint density at radius 1 is 1.17 bits per heavy atom. The summed E-state index contributed by atoms with van der Waals surface area (Å²) in [5.74, 6) is 1.50. The highest BCUT2D eigenvalue weighted by Gasteiger charge is 2.21. The molecular formula is C21H21N5O2S. The van der Waals surface area contributed by atoms with Crippen molar-refractivity contribution in [1.29, 1.82) is 0 Å². The average Bonchev–Trinajstić information content (AvgIpc) is 3.19. The zero-order valence-corrected chi connectivity index (χ0v) is 17.2. The van der Waals surface area contributed by atoms with Crippen molar-refractivity contribution in [3.63, 3.8) is 0 Å². The number of methoxy groups -OCH3 is 1. The van der Waals surface area contributed by atoms with Crippen LogP contribution in [-0.2, 0) is 13.0 Å². The zero-order valence-electron chi connectivity index (χ0n) is 16.4. The number of nitrogens with zero attached hydrogens (tertiary/aromatic N) is 4. The Hall–Kier alpha value is -3.00. The fourth-order valence-electron chi connectivity index (χ4n) is 3.89. The first-order valence-electron chi connectivity index (χ1n) is 9.75. The van der Waals surface area contributed by atoms with Gasteiger partial charge >= 0.3 is 0 Å². The van der Waals surface area contributed by atoms with Gasteiger partial charge in [-0.2, -0.15) is 0 Å². The van der Waals surface area contributed by atoms with Crippen LogP contribution in [0.3, 0.4) is 0 Å². The van der Waals surface area contributed by atoms with E-state index in [1.165, 1.54) is 17.8 Å². The lowest BCUT2D eigenvalue weighted by molar-refractivity contribution is 0.102. The summed E-state index contributed by atoms with van der Waals surface area (Å²) < 4.78 is 8.51. The second-order valence-electron chi connectivity index (χ2n) is 7.25. The third-order valence-corrected chi connectivity index (χ3v) is 6.20. The van der Waals surface area contributed by atoms with Crippen molar-refractivity contribution in [2.45, 2.75) is 39.2 Å². The maximum Gasteiger partial charge on any atom is 0.259 e. The molecule has 4 heterocycles. The van der Waals surface area contributed by atoms with Crippen LogP contribution in [0.1, 0.15) is 41.1 Å². The first kappa shape index (κ1) is 18.1. The molecule has 0 bridgehead atoms. The Morgan fingerprint density at radius 2 is 2.07 bits per heavy atom. The van der Waals surface area contributed by atoms with E-state index in [1.807, 2.05) is 25.1 Å². The molecule has 0 radical (unpaired) electrons. The van der Waals surface area contributed by atoms with Crippen molar-refractivity contribution >= 4 is 43.8 Å². The van der Waals surface area contributed by atoms with Crippen molar-refractivity contribution in [2.75, 3.05) is 12.4 Å². The van der Waals surface area contributed by atoms with Gasteiger partial charge in [0.05, 0.1) is 17.4 Å². The molecule has 1 aromatic carbocycles. The van der Waals surface area contributed by atoms with Gasteiger partial charge in [-0.1, -0.05) is 23.8 Å². The molecule has 0 unspecified atom stereocenters. The number of ether oxygens (including phenoxy) is 1. The summed E-state index contributed by atoms with van der Waals surface area (Å²) in [4.78, 5) is 27.2. The molecule has 1 aliphatic rings. The Bertz CT molecular complexity index is 1240. The molecular weight excluding hydrogens is 386 g/mol. The highest BCUT2D eigenvalue weighted by molar-refractivity contribution is 7.22. The van der Waals surface area contributed by atoms with Crippen LogP contribution in [0.4, 0.5) is 5.13 Å². The van der Waals surface area contributed by atoms with Crippen LogP contribution in [0.5, 0.6) is 5.75 Å². The minimum absolute atomic E-state index is 0.216. The number of hydrogen-bond acceptors (Lipinski definition) is 6. The predicted octanol–water partition coefficient (Wildman–Crippen LogP) is 4.34. The molecule has 5 rings (SSSR count). The van der Waals surface area contributed by atoms with Crippen LogP contribution < -0.4 is 10.1 Å². The lowest BCUT2D eigenvalue weighted by Crippen LogP contribution is -2.13. The molecule has 4 aromatic rings. The van der Waals surface area contributed by atoms with Crippen LogP contribution in [0.25, 0.3) is 21.4 Å². The van der Waals surface area contributed by atoms with Gasteiger partial charge in [0.25, 0.3) is 5.91 Å². The molecule has 3 aromatic heterocycles. The van der Waals surface area contributed by atoms with Crippen LogP contribution in [0.15, 0.2) is 24.3 Å². The zero-order chi connectivity index (χ0) is 20.0. The van der Waals surface area contributed by atoms with E-state index in [9.17, 15) is 4.79 Å². The number of pyridine rings is 1. The molecule has 0 saturated heterocycles. The second-order valence-corrected chi connectivity index (χ2v) is 8.28. The van der Waals surface area contributed by atoms with E-state index in [2.05, 4.69) is 19.9 Å². The highest BCUT2D eigenvalue weighted by Crippen LogP contribution is 2.32. The number of para-hydroxylation sites is 1. The van der Waals surface area contributed by atoms with Gasteiger partial charge in [0, 0.05) is 18.7 Å². The van der Waals surface area contributed by atoms with Crippen molar-refractivity contribution in [3.8, 4) is 5.75 Å². The molecule has 0 spiro atoms. The second kappa shape index (κ2) is 7.11. The van der Waals surface area contributed by atoms with Crippen molar-refractivity contribution < 1.29 is 9.53 Å². The number of carbonyl (C=O) groups is 1. The number of carbonyl (C=O) groups excluding carboxylic acids is 1. The molecule has 29 heavy (non-hydrogen) atoms. The van der Waals surface area contributed by atoms with Gasteiger partial charge in [-0.25, -0.2) is 15.0 Å². The summed E-state index contributed by atoms with van der Waals surface area (Å²) in [5.41, 5.74) is 3.57. The predicted molar refractivity (Wildman–Crippen MR) is 114 cm³/mol. The number of thiazole rings is 1. The first-order valence-corrected chi connectivity index (χ1v) is 10.6. The first-order chi connectivity index (χ1) is 14.1. The van der Waals surface area contributed by atoms with E-state index in [1.54, 1.807) is 13.2 Å². The van der Waals surface area contributed by atoms with E-state index in [4.69, 9.17) is 9.72 Å². The summed E-state index contributed by atoms with van der Waals surface area (Å²) in [5, 5.41) is 3.49. The van der Waals surface area contributed by atoms with Gasteiger partial charge in [-0.3, -0.25) is 10.1 Å². The van der Waals surface area contributed by atoms with Crippen LogP contribution in [-0.4, -0.2) is 32.5 Å². The van der Waals surface area contributed by atoms with E-state index in [0.717, 1.165) is 53.2 Å². The van der Waals surface area contributed by atoms with E-state index in [-0.39, 0.29) is 5.91 Å². The third kappa shape index (κ3) is 3.13. The molecule has 0 aliphatic carbocycles. The minimum atomic E-state index is -0.216.